The summed E-state index contributed by atoms with van der Waals surface area (Å²) >= 11 is 0. The summed E-state index contributed by atoms with van der Waals surface area (Å²) in [5, 5.41) is 10.6. The molecule has 0 unspecified atom stereocenters. The molecule has 0 saturated heterocycles. The molecule has 0 heterocycles. The zero-order valence-electron chi connectivity index (χ0n) is 19.5. The number of para-hydroxylation sites is 1. The topological polar surface area (TPSA) is 29.5 Å². The lowest BCUT2D eigenvalue weighted by atomic mass is 9.97. The molecule has 0 fully saturated rings. The van der Waals surface area contributed by atoms with Crippen LogP contribution in [0.3, 0.4) is 0 Å². The molecule has 0 aliphatic carbocycles. The van der Waals surface area contributed by atoms with Gasteiger partial charge in [-0.2, -0.15) is 0 Å². The number of hydrogen-bond donors (Lipinski definition) is 1. The van der Waals surface area contributed by atoms with Gasteiger partial charge in [-0.3, -0.25) is 0 Å². The number of phenols is 1. The Kier molecular flexibility index (Phi) is 11.4. The number of aromatic hydroxyl groups is 1. The third kappa shape index (κ3) is 8.81. The van der Waals surface area contributed by atoms with Gasteiger partial charge in [0.25, 0.3) is 0 Å². The molecule has 2 aromatic rings. The van der Waals surface area contributed by atoms with E-state index in [1.165, 1.54) is 63.4 Å². The van der Waals surface area contributed by atoms with Crippen molar-refractivity contribution in [3.05, 3.63) is 53.6 Å². The molecule has 2 aromatic carbocycles. The van der Waals surface area contributed by atoms with E-state index in [0.717, 1.165) is 42.2 Å². The van der Waals surface area contributed by atoms with Crippen molar-refractivity contribution in [3.63, 3.8) is 0 Å². The first kappa shape index (κ1) is 24.3. The van der Waals surface area contributed by atoms with E-state index < -0.39 is 0 Å². The average Bonchev–Trinajstić information content (AvgIpc) is 2.74. The van der Waals surface area contributed by atoms with E-state index in [9.17, 15) is 5.11 Å². The van der Waals surface area contributed by atoms with Gasteiger partial charge in [0.15, 0.2) is 0 Å². The molecular formula is C28H42O2. The van der Waals surface area contributed by atoms with Gasteiger partial charge < -0.3 is 9.84 Å². The van der Waals surface area contributed by atoms with Crippen LogP contribution in [0.5, 0.6) is 17.2 Å². The Morgan fingerprint density at radius 2 is 1.43 bits per heavy atom. The highest BCUT2D eigenvalue weighted by Crippen LogP contribution is 2.37. The van der Waals surface area contributed by atoms with E-state index in [4.69, 9.17) is 4.74 Å². The maximum Gasteiger partial charge on any atom is 0.137 e. The molecule has 30 heavy (non-hydrogen) atoms. The summed E-state index contributed by atoms with van der Waals surface area (Å²) in [6.45, 7) is 6.83. The first-order valence-corrected chi connectivity index (χ1v) is 12.2. The highest BCUT2D eigenvalue weighted by atomic mass is 16.5. The lowest BCUT2D eigenvalue weighted by Crippen LogP contribution is -1.99. The maximum atomic E-state index is 10.6. The van der Waals surface area contributed by atoms with Crippen LogP contribution in [0, 0.1) is 5.92 Å². The molecule has 2 heteroatoms. The minimum atomic E-state index is 0.373. The molecule has 0 saturated carbocycles. The Morgan fingerprint density at radius 3 is 2.17 bits per heavy atom. The van der Waals surface area contributed by atoms with Crippen molar-refractivity contribution in [2.24, 2.45) is 5.92 Å². The van der Waals surface area contributed by atoms with E-state index in [0.29, 0.717) is 5.75 Å². The van der Waals surface area contributed by atoms with Crippen LogP contribution in [0.1, 0.15) is 96.1 Å². The third-order valence-electron chi connectivity index (χ3n) is 5.79. The van der Waals surface area contributed by atoms with Gasteiger partial charge in [-0.1, -0.05) is 96.4 Å². The minimum absolute atomic E-state index is 0.373. The molecule has 0 spiro atoms. The van der Waals surface area contributed by atoms with Crippen LogP contribution in [0.2, 0.25) is 0 Å². The Morgan fingerprint density at radius 1 is 0.767 bits per heavy atom. The first-order chi connectivity index (χ1) is 14.6. The molecule has 0 aliphatic rings. The summed E-state index contributed by atoms with van der Waals surface area (Å²) in [4.78, 5) is 0. The second-order valence-electron chi connectivity index (χ2n) is 8.98. The summed E-state index contributed by atoms with van der Waals surface area (Å²) in [5.41, 5.74) is 2.20. The SMILES string of the molecule is CCCCCCCCc1c(O)ccc(CCCCCC(C)C)c1Oc1ccccc1. The number of unbranched alkanes of at least 4 members (excludes halogenated alkanes) is 7. The number of hydrogen-bond acceptors (Lipinski definition) is 2. The van der Waals surface area contributed by atoms with Crippen LogP contribution in [0.25, 0.3) is 0 Å². The number of benzene rings is 2. The van der Waals surface area contributed by atoms with Crippen LogP contribution in [0.15, 0.2) is 42.5 Å². The summed E-state index contributed by atoms with van der Waals surface area (Å²) in [6.07, 6.45) is 14.4. The zero-order chi connectivity index (χ0) is 21.6. The van der Waals surface area contributed by atoms with Gasteiger partial charge >= 0.3 is 0 Å². The quantitative estimate of drug-likeness (QED) is 0.297. The predicted octanol–water partition coefficient (Wildman–Crippen LogP) is 8.85. The molecule has 0 aromatic heterocycles. The fraction of sp³-hybridized carbons (Fsp3) is 0.571. The molecule has 2 rings (SSSR count). The van der Waals surface area contributed by atoms with Gasteiger partial charge in [-0.25, -0.2) is 0 Å². The smallest absolute Gasteiger partial charge is 0.137 e. The average molecular weight is 411 g/mol. The number of aryl methyl sites for hydroxylation is 1. The molecular weight excluding hydrogens is 368 g/mol. The third-order valence-corrected chi connectivity index (χ3v) is 5.79. The van der Waals surface area contributed by atoms with Crippen LogP contribution in [-0.4, -0.2) is 5.11 Å². The molecule has 0 amide bonds. The Balaban J connectivity index is 2.08. The minimum Gasteiger partial charge on any atom is -0.508 e. The van der Waals surface area contributed by atoms with Gasteiger partial charge in [0.1, 0.15) is 17.2 Å². The summed E-state index contributed by atoms with van der Waals surface area (Å²) in [6, 6.07) is 13.9. The molecule has 0 radical (unpaired) electrons. The van der Waals surface area contributed by atoms with Gasteiger partial charge in [0, 0.05) is 5.56 Å². The highest BCUT2D eigenvalue weighted by Gasteiger charge is 2.15. The van der Waals surface area contributed by atoms with Crippen LogP contribution < -0.4 is 4.74 Å². The second kappa shape index (κ2) is 14.1. The van der Waals surface area contributed by atoms with E-state index in [1.54, 1.807) is 0 Å². The maximum absolute atomic E-state index is 10.6. The van der Waals surface area contributed by atoms with Gasteiger partial charge in [-0.05, 0) is 55.4 Å². The summed E-state index contributed by atoms with van der Waals surface area (Å²) < 4.78 is 6.35. The van der Waals surface area contributed by atoms with Crippen molar-refractivity contribution in [2.75, 3.05) is 0 Å². The van der Waals surface area contributed by atoms with Crippen molar-refractivity contribution in [2.45, 2.75) is 97.8 Å². The molecule has 0 aliphatic heterocycles. The largest absolute Gasteiger partial charge is 0.508 e. The van der Waals surface area contributed by atoms with Gasteiger partial charge in [0.2, 0.25) is 0 Å². The van der Waals surface area contributed by atoms with Crippen LogP contribution in [0.4, 0.5) is 0 Å². The Bertz CT molecular complexity index is 706. The highest BCUT2D eigenvalue weighted by molar-refractivity contribution is 5.51. The molecule has 0 bridgehead atoms. The van der Waals surface area contributed by atoms with E-state index in [-0.39, 0.29) is 0 Å². The molecule has 1 N–H and O–H groups in total. The first-order valence-electron chi connectivity index (χ1n) is 12.2. The van der Waals surface area contributed by atoms with Crippen LogP contribution in [-0.2, 0) is 12.8 Å². The van der Waals surface area contributed by atoms with Crippen molar-refractivity contribution in [1.29, 1.82) is 0 Å². The predicted molar refractivity (Wildman–Crippen MR) is 129 cm³/mol. The van der Waals surface area contributed by atoms with Crippen molar-refractivity contribution in [3.8, 4) is 17.2 Å². The van der Waals surface area contributed by atoms with Crippen molar-refractivity contribution >= 4 is 0 Å². The normalized spacial score (nSPS) is 11.2. The lowest BCUT2D eigenvalue weighted by Gasteiger charge is -2.17. The van der Waals surface area contributed by atoms with Gasteiger partial charge in [-0.15, -0.1) is 0 Å². The zero-order valence-corrected chi connectivity index (χ0v) is 19.5. The fourth-order valence-corrected chi connectivity index (χ4v) is 3.96. The summed E-state index contributed by atoms with van der Waals surface area (Å²) in [5.74, 6) is 2.88. The second-order valence-corrected chi connectivity index (χ2v) is 8.98. The van der Waals surface area contributed by atoms with Crippen molar-refractivity contribution in [1.82, 2.24) is 0 Å². The summed E-state index contributed by atoms with van der Waals surface area (Å²) in [7, 11) is 0. The Hall–Kier alpha value is -1.96. The standard InChI is InChI=1S/C28H42O2/c1-4-5-6-7-8-15-20-26-27(29)22-21-24(17-12-9-11-16-23(2)3)28(26)30-25-18-13-10-14-19-25/h10,13-14,18-19,21-23,29H,4-9,11-12,15-17,20H2,1-3H3. The number of phenolic OH excluding ortho intramolecular Hbond substituents is 1. The van der Waals surface area contributed by atoms with E-state index in [1.807, 2.05) is 36.4 Å². The van der Waals surface area contributed by atoms with Crippen LogP contribution >= 0.6 is 0 Å². The number of rotatable bonds is 15. The van der Waals surface area contributed by atoms with Gasteiger partial charge in [0.05, 0.1) is 0 Å². The van der Waals surface area contributed by atoms with E-state index in [2.05, 4.69) is 26.8 Å². The van der Waals surface area contributed by atoms with E-state index >= 15 is 0 Å². The monoisotopic (exact) mass is 410 g/mol. The Labute approximate surface area is 184 Å². The van der Waals surface area contributed by atoms with Crippen molar-refractivity contribution < 1.29 is 9.84 Å². The lowest BCUT2D eigenvalue weighted by molar-refractivity contribution is 0.435. The number of ether oxygens (including phenoxy) is 1. The molecule has 2 nitrogen and oxygen atoms in total. The molecule has 0 atom stereocenters. The molecule has 166 valence electrons. The fourth-order valence-electron chi connectivity index (χ4n) is 3.96.